The van der Waals surface area contributed by atoms with Crippen molar-refractivity contribution in [1.82, 2.24) is 5.32 Å². The fourth-order valence-corrected chi connectivity index (χ4v) is 4.74. The van der Waals surface area contributed by atoms with Gasteiger partial charge in [0, 0.05) is 12.0 Å². The van der Waals surface area contributed by atoms with Gasteiger partial charge in [-0.05, 0) is 48.2 Å². The summed E-state index contributed by atoms with van der Waals surface area (Å²) in [7, 11) is 1.73. The molecule has 164 valence electrons. The first-order valence-corrected chi connectivity index (χ1v) is 10.9. The molecule has 1 aliphatic heterocycles. The lowest BCUT2D eigenvalue weighted by Crippen LogP contribution is -2.43. The maximum atomic E-state index is 7.01. The van der Waals surface area contributed by atoms with Crippen LogP contribution >= 0.6 is 12.4 Å². The second-order valence-electron chi connectivity index (χ2n) is 8.05. The molecule has 0 aromatic heterocycles. The van der Waals surface area contributed by atoms with Gasteiger partial charge in [-0.15, -0.1) is 12.4 Å². The van der Waals surface area contributed by atoms with E-state index in [4.69, 9.17) is 9.47 Å². The summed E-state index contributed by atoms with van der Waals surface area (Å²) < 4.78 is 12.5. The highest BCUT2D eigenvalue weighted by Crippen LogP contribution is 2.41. The zero-order valence-electron chi connectivity index (χ0n) is 18.3. The van der Waals surface area contributed by atoms with Crippen molar-refractivity contribution in [2.24, 2.45) is 0 Å². The smallest absolute Gasteiger partial charge is 0.119 e. The highest BCUT2D eigenvalue weighted by Gasteiger charge is 2.44. The van der Waals surface area contributed by atoms with Crippen LogP contribution in [0.1, 0.15) is 42.6 Å². The highest BCUT2D eigenvalue weighted by atomic mass is 35.5. The van der Waals surface area contributed by atoms with Crippen molar-refractivity contribution in [2.75, 3.05) is 20.2 Å². The minimum atomic E-state index is -0.0968. The number of rotatable bonds is 8. The number of hydrogen-bond acceptors (Lipinski definition) is 3. The number of halogens is 1. The molecule has 0 amide bonds. The summed E-state index contributed by atoms with van der Waals surface area (Å²) in [4.78, 5) is 0. The molecule has 1 fully saturated rings. The van der Waals surface area contributed by atoms with E-state index in [2.05, 4.69) is 91.1 Å². The van der Waals surface area contributed by atoms with Gasteiger partial charge in [0.05, 0.1) is 13.2 Å². The topological polar surface area (TPSA) is 30.5 Å². The van der Waals surface area contributed by atoms with Crippen molar-refractivity contribution in [3.8, 4) is 5.75 Å². The molecule has 2 atom stereocenters. The number of nitrogens with one attached hydrogen (secondary N) is 1. The van der Waals surface area contributed by atoms with E-state index in [0.29, 0.717) is 0 Å². The normalized spacial score (nSPS) is 19.1. The number of ether oxygens (including phenoxy) is 2. The maximum absolute atomic E-state index is 7.01. The molecule has 0 bridgehead atoms. The summed E-state index contributed by atoms with van der Waals surface area (Å²) in [6.07, 6.45) is 1.97. The summed E-state index contributed by atoms with van der Waals surface area (Å²) in [6, 6.07) is 29.6. The zero-order valence-corrected chi connectivity index (χ0v) is 19.1. The summed E-state index contributed by atoms with van der Waals surface area (Å²) in [5, 5.41) is 3.60. The Morgan fingerprint density at radius 1 is 0.903 bits per heavy atom. The van der Waals surface area contributed by atoms with Gasteiger partial charge in [-0.1, -0.05) is 79.7 Å². The van der Waals surface area contributed by atoms with E-state index in [1.165, 1.54) is 16.7 Å². The molecule has 4 rings (SSSR count). The monoisotopic (exact) mass is 437 g/mol. The van der Waals surface area contributed by atoms with Crippen LogP contribution in [0.15, 0.2) is 84.9 Å². The van der Waals surface area contributed by atoms with Gasteiger partial charge in [0.1, 0.15) is 11.9 Å². The average Bonchev–Trinajstić information content (AvgIpc) is 3.32. The van der Waals surface area contributed by atoms with E-state index >= 15 is 0 Å². The molecule has 0 spiro atoms. The molecule has 31 heavy (non-hydrogen) atoms. The first-order chi connectivity index (χ1) is 14.8. The molecule has 1 heterocycles. The standard InChI is InChI=1S/C27H31NO2.ClH/c1-3-25(27(17-18-28-20-27)23-15-10-16-24(19-23)29-2)30-26(21-11-6-4-7-12-21)22-13-8-5-9-14-22;/h4-16,19,25-26,28H,3,17-18,20H2,1-2H3;1H. The molecular weight excluding hydrogens is 406 g/mol. The van der Waals surface area contributed by atoms with Crippen LogP contribution in [0.4, 0.5) is 0 Å². The van der Waals surface area contributed by atoms with E-state index in [1.54, 1.807) is 7.11 Å². The number of hydrogen-bond donors (Lipinski definition) is 1. The van der Waals surface area contributed by atoms with Gasteiger partial charge in [-0.2, -0.15) is 0 Å². The van der Waals surface area contributed by atoms with E-state index in [-0.39, 0.29) is 30.0 Å². The quantitative estimate of drug-likeness (QED) is 0.473. The lowest BCUT2D eigenvalue weighted by Gasteiger charge is -2.39. The van der Waals surface area contributed by atoms with Crippen LogP contribution in [0, 0.1) is 0 Å². The van der Waals surface area contributed by atoms with Crippen molar-refractivity contribution in [3.05, 3.63) is 102 Å². The second kappa shape index (κ2) is 10.8. The van der Waals surface area contributed by atoms with Gasteiger partial charge in [0.15, 0.2) is 0 Å². The SMILES string of the molecule is CCC(OC(c1ccccc1)c1ccccc1)C1(c2cccc(OC)c2)CCNC1.Cl. The Morgan fingerprint density at radius 2 is 1.55 bits per heavy atom. The van der Waals surface area contributed by atoms with E-state index in [9.17, 15) is 0 Å². The molecule has 0 aliphatic carbocycles. The molecule has 4 heteroatoms. The van der Waals surface area contributed by atoms with Crippen LogP contribution in [0.2, 0.25) is 0 Å². The molecule has 3 aromatic rings. The molecule has 3 aromatic carbocycles. The highest BCUT2D eigenvalue weighted by molar-refractivity contribution is 5.85. The molecule has 1 N–H and O–H groups in total. The summed E-state index contributed by atoms with van der Waals surface area (Å²) in [5.74, 6) is 0.899. The van der Waals surface area contributed by atoms with Crippen molar-refractivity contribution in [2.45, 2.75) is 37.4 Å². The first kappa shape index (κ1) is 23.3. The predicted octanol–water partition coefficient (Wildman–Crippen LogP) is 5.93. The minimum absolute atomic E-state index is 0. The van der Waals surface area contributed by atoms with Crippen molar-refractivity contribution in [1.29, 1.82) is 0 Å². The summed E-state index contributed by atoms with van der Waals surface area (Å²) in [5.41, 5.74) is 3.59. The fraction of sp³-hybridized carbons (Fsp3) is 0.333. The van der Waals surface area contributed by atoms with Gasteiger partial charge in [0.2, 0.25) is 0 Å². The Morgan fingerprint density at radius 3 is 2.06 bits per heavy atom. The number of benzene rings is 3. The van der Waals surface area contributed by atoms with Gasteiger partial charge < -0.3 is 14.8 Å². The van der Waals surface area contributed by atoms with E-state index < -0.39 is 0 Å². The largest absolute Gasteiger partial charge is 0.497 e. The Hall–Kier alpha value is -2.33. The summed E-state index contributed by atoms with van der Waals surface area (Å²) in [6.45, 7) is 4.14. The van der Waals surface area contributed by atoms with Crippen LogP contribution in [0.3, 0.4) is 0 Å². The van der Waals surface area contributed by atoms with Gasteiger partial charge in [-0.25, -0.2) is 0 Å². The maximum Gasteiger partial charge on any atom is 0.119 e. The molecule has 0 saturated carbocycles. The van der Waals surface area contributed by atoms with Crippen LogP contribution < -0.4 is 10.1 Å². The minimum Gasteiger partial charge on any atom is -0.497 e. The third-order valence-corrected chi connectivity index (χ3v) is 6.33. The van der Waals surface area contributed by atoms with Gasteiger partial charge in [-0.3, -0.25) is 0 Å². The first-order valence-electron chi connectivity index (χ1n) is 10.9. The Bertz CT molecular complexity index is 887. The van der Waals surface area contributed by atoms with Crippen molar-refractivity contribution < 1.29 is 9.47 Å². The molecule has 1 aliphatic rings. The zero-order chi connectivity index (χ0) is 20.8. The fourth-order valence-electron chi connectivity index (χ4n) is 4.74. The molecule has 1 saturated heterocycles. The molecular formula is C27H32ClNO2. The van der Waals surface area contributed by atoms with Crippen LogP contribution in [-0.2, 0) is 10.2 Å². The van der Waals surface area contributed by atoms with Gasteiger partial charge in [0.25, 0.3) is 0 Å². The lowest BCUT2D eigenvalue weighted by atomic mass is 9.73. The number of methoxy groups -OCH3 is 1. The van der Waals surface area contributed by atoms with Gasteiger partial charge >= 0.3 is 0 Å². The Kier molecular flexibility index (Phi) is 8.14. The lowest BCUT2D eigenvalue weighted by molar-refractivity contribution is -0.0377. The molecule has 0 radical (unpaired) electrons. The predicted molar refractivity (Wildman–Crippen MR) is 129 cm³/mol. The van der Waals surface area contributed by atoms with E-state index in [1.807, 2.05) is 6.07 Å². The van der Waals surface area contributed by atoms with E-state index in [0.717, 1.165) is 31.7 Å². The van der Waals surface area contributed by atoms with Crippen LogP contribution in [0.25, 0.3) is 0 Å². The third kappa shape index (κ3) is 4.95. The third-order valence-electron chi connectivity index (χ3n) is 6.33. The Balaban J connectivity index is 0.00000272. The van der Waals surface area contributed by atoms with Crippen LogP contribution in [0.5, 0.6) is 5.75 Å². The molecule has 2 unspecified atom stereocenters. The second-order valence-corrected chi connectivity index (χ2v) is 8.05. The van der Waals surface area contributed by atoms with Crippen LogP contribution in [-0.4, -0.2) is 26.3 Å². The Labute approximate surface area is 192 Å². The average molecular weight is 438 g/mol. The summed E-state index contributed by atoms with van der Waals surface area (Å²) >= 11 is 0. The van der Waals surface area contributed by atoms with Crippen molar-refractivity contribution in [3.63, 3.8) is 0 Å². The van der Waals surface area contributed by atoms with Crippen molar-refractivity contribution >= 4 is 12.4 Å². The molecule has 3 nitrogen and oxygen atoms in total.